The molecule has 3 heterocycles. The molecule has 0 radical (unpaired) electrons. The van der Waals surface area contributed by atoms with Crippen molar-refractivity contribution < 1.29 is 9.13 Å². The maximum Gasteiger partial charge on any atom is 0.147 e. The third-order valence-corrected chi connectivity index (χ3v) is 4.88. The van der Waals surface area contributed by atoms with Gasteiger partial charge >= 0.3 is 0 Å². The van der Waals surface area contributed by atoms with Crippen molar-refractivity contribution in [2.24, 2.45) is 0 Å². The lowest BCUT2D eigenvalue weighted by atomic mass is 9.87. The molecule has 1 saturated heterocycles. The van der Waals surface area contributed by atoms with E-state index in [1.54, 1.807) is 12.4 Å². The Bertz CT molecular complexity index is 699. The standard InChI is InChI=1S/C16H15BrFN3O/c17-14-9-20-15(10-19-14)21-5-3-16(4-6-21)8-11-1-2-12(18)7-13(11)22-16/h1-2,7,9-10H,3-6,8H2. The van der Waals surface area contributed by atoms with Crippen LogP contribution < -0.4 is 9.64 Å². The van der Waals surface area contributed by atoms with E-state index in [9.17, 15) is 4.39 Å². The molecule has 22 heavy (non-hydrogen) atoms. The maximum absolute atomic E-state index is 13.3. The zero-order valence-electron chi connectivity index (χ0n) is 11.9. The molecule has 2 aliphatic rings. The molecule has 0 amide bonds. The van der Waals surface area contributed by atoms with Crippen molar-refractivity contribution in [3.63, 3.8) is 0 Å². The van der Waals surface area contributed by atoms with E-state index in [1.165, 1.54) is 12.1 Å². The number of hydrogen-bond donors (Lipinski definition) is 0. The second-order valence-electron chi connectivity index (χ2n) is 5.90. The van der Waals surface area contributed by atoms with Crippen molar-refractivity contribution in [2.45, 2.75) is 24.9 Å². The summed E-state index contributed by atoms with van der Waals surface area (Å²) >= 11 is 3.30. The van der Waals surface area contributed by atoms with Gasteiger partial charge in [-0.05, 0) is 27.6 Å². The van der Waals surface area contributed by atoms with Crippen molar-refractivity contribution in [3.05, 3.63) is 46.6 Å². The molecule has 0 unspecified atom stereocenters. The summed E-state index contributed by atoms with van der Waals surface area (Å²) in [5.74, 6) is 1.36. The molecule has 0 aliphatic carbocycles. The summed E-state index contributed by atoms with van der Waals surface area (Å²) in [6, 6.07) is 4.84. The van der Waals surface area contributed by atoms with Crippen LogP contribution in [0.15, 0.2) is 35.2 Å². The number of aromatic nitrogens is 2. The average Bonchev–Trinajstić information content (AvgIpc) is 2.86. The molecule has 1 spiro atoms. The molecule has 1 aromatic carbocycles. The third-order valence-electron chi connectivity index (χ3n) is 4.47. The van der Waals surface area contributed by atoms with Gasteiger partial charge in [-0.25, -0.2) is 14.4 Å². The van der Waals surface area contributed by atoms with Gasteiger partial charge < -0.3 is 9.64 Å². The number of rotatable bonds is 1. The van der Waals surface area contributed by atoms with Crippen LogP contribution in [0.5, 0.6) is 5.75 Å². The Hall–Kier alpha value is -1.69. The summed E-state index contributed by atoms with van der Waals surface area (Å²) in [5.41, 5.74) is 0.924. The first kappa shape index (κ1) is 13.9. The van der Waals surface area contributed by atoms with Crippen LogP contribution in [0.3, 0.4) is 0 Å². The molecule has 0 atom stereocenters. The Morgan fingerprint density at radius 1 is 1.18 bits per heavy atom. The first-order chi connectivity index (χ1) is 10.6. The maximum atomic E-state index is 13.3. The molecular weight excluding hydrogens is 349 g/mol. The lowest BCUT2D eigenvalue weighted by Crippen LogP contribution is -2.47. The molecule has 0 N–H and O–H groups in total. The van der Waals surface area contributed by atoms with Gasteiger partial charge in [-0.1, -0.05) is 6.07 Å². The molecule has 0 bridgehead atoms. The topological polar surface area (TPSA) is 38.2 Å². The fourth-order valence-corrected chi connectivity index (χ4v) is 3.48. The molecule has 4 rings (SSSR count). The van der Waals surface area contributed by atoms with Crippen molar-refractivity contribution in [1.82, 2.24) is 9.97 Å². The summed E-state index contributed by atoms with van der Waals surface area (Å²) in [6.07, 6.45) is 6.16. The minimum atomic E-state index is -0.238. The predicted octanol–water partition coefficient (Wildman–Crippen LogP) is 3.35. The van der Waals surface area contributed by atoms with Crippen molar-refractivity contribution >= 4 is 21.7 Å². The van der Waals surface area contributed by atoms with Crippen LogP contribution in [0.1, 0.15) is 18.4 Å². The number of ether oxygens (including phenoxy) is 1. The molecule has 1 aromatic heterocycles. The van der Waals surface area contributed by atoms with Gasteiger partial charge in [0.05, 0.1) is 12.4 Å². The molecule has 1 fully saturated rings. The van der Waals surface area contributed by atoms with Gasteiger partial charge in [0.1, 0.15) is 27.6 Å². The van der Waals surface area contributed by atoms with Gasteiger partial charge in [0, 0.05) is 38.4 Å². The Balaban J connectivity index is 1.47. The first-order valence-corrected chi connectivity index (χ1v) is 8.13. The summed E-state index contributed by atoms with van der Waals surface area (Å²) < 4.78 is 20.2. The van der Waals surface area contributed by atoms with Gasteiger partial charge in [0.25, 0.3) is 0 Å². The smallest absolute Gasteiger partial charge is 0.147 e. The number of halogens is 2. The second-order valence-corrected chi connectivity index (χ2v) is 6.71. The highest BCUT2D eigenvalue weighted by molar-refractivity contribution is 9.10. The van der Waals surface area contributed by atoms with Crippen LogP contribution in [0.2, 0.25) is 0 Å². The zero-order valence-corrected chi connectivity index (χ0v) is 13.5. The molecule has 0 saturated carbocycles. The lowest BCUT2D eigenvalue weighted by Gasteiger charge is -2.39. The fourth-order valence-electron chi connectivity index (χ4n) is 3.28. The number of piperidine rings is 1. The van der Waals surface area contributed by atoms with Crippen LogP contribution in [0.25, 0.3) is 0 Å². The number of fused-ring (bicyclic) bond motifs is 1. The quantitative estimate of drug-likeness (QED) is 0.778. The van der Waals surface area contributed by atoms with E-state index >= 15 is 0 Å². The van der Waals surface area contributed by atoms with Crippen LogP contribution in [-0.2, 0) is 6.42 Å². The SMILES string of the molecule is Fc1ccc2c(c1)OC1(CCN(c3cnc(Br)cn3)CC1)C2. The Morgan fingerprint density at radius 3 is 2.73 bits per heavy atom. The predicted molar refractivity (Wildman–Crippen MR) is 84.6 cm³/mol. The molecule has 2 aromatic rings. The summed E-state index contributed by atoms with van der Waals surface area (Å²) in [7, 11) is 0. The van der Waals surface area contributed by atoms with E-state index in [-0.39, 0.29) is 11.4 Å². The number of hydrogen-bond acceptors (Lipinski definition) is 4. The molecule has 2 aliphatic heterocycles. The second kappa shape index (κ2) is 5.19. The minimum absolute atomic E-state index is 0.185. The van der Waals surface area contributed by atoms with Crippen molar-refractivity contribution in [3.8, 4) is 5.75 Å². The first-order valence-electron chi connectivity index (χ1n) is 7.34. The van der Waals surface area contributed by atoms with Crippen LogP contribution >= 0.6 is 15.9 Å². The van der Waals surface area contributed by atoms with Gasteiger partial charge in [0.15, 0.2) is 0 Å². The van der Waals surface area contributed by atoms with Gasteiger partial charge in [-0.3, -0.25) is 0 Å². The average molecular weight is 364 g/mol. The highest BCUT2D eigenvalue weighted by atomic mass is 79.9. The van der Waals surface area contributed by atoms with E-state index in [2.05, 4.69) is 30.8 Å². The number of nitrogens with zero attached hydrogens (tertiary/aromatic N) is 3. The Morgan fingerprint density at radius 2 is 2.00 bits per heavy atom. The van der Waals surface area contributed by atoms with E-state index < -0.39 is 0 Å². The third kappa shape index (κ3) is 2.45. The monoisotopic (exact) mass is 363 g/mol. The van der Waals surface area contributed by atoms with E-state index in [0.29, 0.717) is 5.75 Å². The number of benzene rings is 1. The Labute approximate surface area is 136 Å². The zero-order chi connectivity index (χ0) is 15.2. The fraction of sp³-hybridized carbons (Fsp3) is 0.375. The summed E-state index contributed by atoms with van der Waals surface area (Å²) in [4.78, 5) is 10.8. The minimum Gasteiger partial charge on any atom is -0.486 e. The van der Waals surface area contributed by atoms with E-state index in [4.69, 9.17) is 4.74 Å². The summed E-state index contributed by atoms with van der Waals surface area (Å²) in [5, 5.41) is 0. The van der Waals surface area contributed by atoms with Gasteiger partial charge in [0.2, 0.25) is 0 Å². The lowest BCUT2D eigenvalue weighted by molar-refractivity contribution is 0.0664. The normalized spacial score (nSPS) is 19.1. The van der Waals surface area contributed by atoms with Crippen molar-refractivity contribution in [1.29, 1.82) is 0 Å². The van der Waals surface area contributed by atoms with Crippen LogP contribution in [0.4, 0.5) is 10.2 Å². The van der Waals surface area contributed by atoms with Crippen molar-refractivity contribution in [2.75, 3.05) is 18.0 Å². The van der Waals surface area contributed by atoms with Gasteiger partial charge in [-0.2, -0.15) is 0 Å². The Kier molecular flexibility index (Phi) is 3.29. The van der Waals surface area contributed by atoms with Crippen LogP contribution in [-0.4, -0.2) is 28.7 Å². The molecule has 4 nitrogen and oxygen atoms in total. The highest BCUT2D eigenvalue weighted by Gasteiger charge is 2.42. The van der Waals surface area contributed by atoms with Gasteiger partial charge in [-0.15, -0.1) is 0 Å². The van der Waals surface area contributed by atoms with Crippen LogP contribution in [0, 0.1) is 5.82 Å². The molecule has 114 valence electrons. The van der Waals surface area contributed by atoms with E-state index in [1.807, 2.05) is 6.07 Å². The van der Waals surface area contributed by atoms with E-state index in [0.717, 1.165) is 48.3 Å². The highest BCUT2D eigenvalue weighted by Crippen LogP contribution is 2.41. The largest absolute Gasteiger partial charge is 0.486 e. The number of anilines is 1. The molecule has 6 heteroatoms. The molecular formula is C16H15BrFN3O. The summed E-state index contributed by atoms with van der Waals surface area (Å²) in [6.45, 7) is 1.74.